The van der Waals surface area contributed by atoms with Gasteiger partial charge in [-0.2, -0.15) is 0 Å². The number of rotatable bonds is 4. The molecule has 1 aliphatic heterocycles. The van der Waals surface area contributed by atoms with Crippen LogP contribution in [0.15, 0.2) is 72.9 Å². The highest BCUT2D eigenvalue weighted by Gasteiger charge is 2.21. The summed E-state index contributed by atoms with van der Waals surface area (Å²) < 4.78 is 0. The summed E-state index contributed by atoms with van der Waals surface area (Å²) in [5, 5.41) is 2.93. The standard InChI is InChI=1S/C28H32N4O2/c1-28(2,3)23-12-10-21(11-13-23)26(33)30-24-14-15-25(29-20-24)31-16-7-17-32(19-18-31)27(34)22-8-5-4-6-9-22/h4-6,8-15,20H,7,16-19H2,1-3H3,(H,30,33). The third-order valence-corrected chi connectivity index (χ3v) is 6.15. The Hall–Kier alpha value is -3.67. The lowest BCUT2D eigenvalue weighted by atomic mass is 9.87. The fourth-order valence-corrected chi connectivity index (χ4v) is 4.08. The van der Waals surface area contributed by atoms with E-state index in [9.17, 15) is 9.59 Å². The predicted molar refractivity (Wildman–Crippen MR) is 137 cm³/mol. The Balaban J connectivity index is 1.35. The van der Waals surface area contributed by atoms with Gasteiger partial charge in [-0.15, -0.1) is 0 Å². The summed E-state index contributed by atoms with van der Waals surface area (Å²) in [6, 6.07) is 20.9. The van der Waals surface area contributed by atoms with Gasteiger partial charge in [-0.3, -0.25) is 9.59 Å². The first-order chi connectivity index (χ1) is 16.3. The minimum atomic E-state index is -0.153. The van der Waals surface area contributed by atoms with Crippen LogP contribution in [0.1, 0.15) is 53.5 Å². The first-order valence-electron chi connectivity index (χ1n) is 11.8. The van der Waals surface area contributed by atoms with Gasteiger partial charge in [0.25, 0.3) is 11.8 Å². The van der Waals surface area contributed by atoms with Crippen LogP contribution in [0.2, 0.25) is 0 Å². The largest absolute Gasteiger partial charge is 0.355 e. The molecule has 1 N–H and O–H groups in total. The molecular formula is C28H32N4O2. The summed E-state index contributed by atoms with van der Waals surface area (Å²) in [4.78, 5) is 34.1. The average Bonchev–Trinajstić information content (AvgIpc) is 3.10. The number of hydrogen-bond acceptors (Lipinski definition) is 4. The molecule has 4 rings (SSSR count). The van der Waals surface area contributed by atoms with Gasteiger partial charge in [-0.1, -0.05) is 51.1 Å². The maximum Gasteiger partial charge on any atom is 0.255 e. The van der Waals surface area contributed by atoms with E-state index in [0.717, 1.165) is 37.4 Å². The number of amides is 2. The van der Waals surface area contributed by atoms with Crippen LogP contribution in [-0.4, -0.2) is 47.9 Å². The zero-order valence-electron chi connectivity index (χ0n) is 20.1. The van der Waals surface area contributed by atoms with Crippen molar-refractivity contribution in [3.05, 3.63) is 89.6 Å². The van der Waals surface area contributed by atoms with Gasteiger partial charge in [-0.05, 0) is 53.8 Å². The van der Waals surface area contributed by atoms with E-state index in [1.165, 1.54) is 5.56 Å². The Bertz CT molecular complexity index is 1120. The van der Waals surface area contributed by atoms with Crippen LogP contribution in [0.25, 0.3) is 0 Å². The first-order valence-corrected chi connectivity index (χ1v) is 11.8. The summed E-state index contributed by atoms with van der Waals surface area (Å²) in [7, 11) is 0. The minimum Gasteiger partial charge on any atom is -0.355 e. The molecule has 1 saturated heterocycles. The zero-order chi connectivity index (χ0) is 24.1. The second kappa shape index (κ2) is 10.1. The fraction of sp³-hybridized carbons (Fsp3) is 0.321. The van der Waals surface area contributed by atoms with Crippen molar-refractivity contribution in [2.24, 2.45) is 0 Å². The fourth-order valence-electron chi connectivity index (χ4n) is 4.08. The van der Waals surface area contributed by atoms with Crippen LogP contribution in [0.5, 0.6) is 0 Å². The second-order valence-electron chi connectivity index (χ2n) is 9.69. The summed E-state index contributed by atoms with van der Waals surface area (Å²) in [6.45, 7) is 9.38. The number of nitrogens with zero attached hydrogens (tertiary/aromatic N) is 3. The molecule has 2 aromatic carbocycles. The Morgan fingerprint density at radius 2 is 1.56 bits per heavy atom. The molecule has 0 spiro atoms. The highest BCUT2D eigenvalue weighted by atomic mass is 16.2. The molecule has 6 heteroatoms. The Kier molecular flexibility index (Phi) is 6.96. The van der Waals surface area contributed by atoms with Gasteiger partial charge in [0, 0.05) is 37.3 Å². The number of anilines is 2. The zero-order valence-corrected chi connectivity index (χ0v) is 20.1. The summed E-state index contributed by atoms with van der Waals surface area (Å²) in [6.07, 6.45) is 2.57. The van der Waals surface area contributed by atoms with Crippen molar-refractivity contribution in [2.45, 2.75) is 32.6 Å². The predicted octanol–water partition coefficient (Wildman–Crippen LogP) is 4.98. The van der Waals surface area contributed by atoms with E-state index in [1.54, 1.807) is 6.20 Å². The third-order valence-electron chi connectivity index (χ3n) is 6.15. The molecule has 0 atom stereocenters. The van der Waals surface area contributed by atoms with E-state index in [-0.39, 0.29) is 17.2 Å². The van der Waals surface area contributed by atoms with E-state index in [2.05, 4.69) is 36.0 Å². The van der Waals surface area contributed by atoms with E-state index in [0.29, 0.717) is 17.8 Å². The number of carbonyl (C=O) groups is 2. The lowest BCUT2D eigenvalue weighted by Gasteiger charge is -2.23. The van der Waals surface area contributed by atoms with Gasteiger partial charge in [0.2, 0.25) is 0 Å². The summed E-state index contributed by atoms with van der Waals surface area (Å²) in [5.74, 6) is 0.769. The van der Waals surface area contributed by atoms with E-state index < -0.39 is 0 Å². The first kappa shape index (κ1) is 23.5. The maximum atomic E-state index is 12.8. The van der Waals surface area contributed by atoms with Crippen LogP contribution in [0.3, 0.4) is 0 Å². The van der Waals surface area contributed by atoms with E-state index in [4.69, 9.17) is 0 Å². The van der Waals surface area contributed by atoms with Crippen molar-refractivity contribution < 1.29 is 9.59 Å². The van der Waals surface area contributed by atoms with Crippen LogP contribution in [0.4, 0.5) is 11.5 Å². The number of pyridine rings is 1. The molecule has 0 saturated carbocycles. The summed E-state index contributed by atoms with van der Waals surface area (Å²) in [5.41, 5.74) is 3.24. The number of benzene rings is 2. The number of aromatic nitrogens is 1. The van der Waals surface area contributed by atoms with Crippen molar-refractivity contribution in [3.8, 4) is 0 Å². The molecule has 6 nitrogen and oxygen atoms in total. The second-order valence-corrected chi connectivity index (χ2v) is 9.69. The van der Waals surface area contributed by atoms with Gasteiger partial charge in [0.1, 0.15) is 5.82 Å². The molecule has 1 fully saturated rings. The maximum absolute atomic E-state index is 12.8. The quantitative estimate of drug-likeness (QED) is 0.601. The topological polar surface area (TPSA) is 65.5 Å². The number of hydrogen-bond donors (Lipinski definition) is 1. The third kappa shape index (κ3) is 5.63. The minimum absolute atomic E-state index is 0.0496. The molecule has 3 aromatic rings. The van der Waals surface area contributed by atoms with E-state index >= 15 is 0 Å². The average molecular weight is 457 g/mol. The molecule has 0 radical (unpaired) electrons. The van der Waals surface area contributed by atoms with Crippen LogP contribution in [-0.2, 0) is 5.41 Å². The molecule has 1 aromatic heterocycles. The van der Waals surface area contributed by atoms with Gasteiger partial charge >= 0.3 is 0 Å². The Morgan fingerprint density at radius 3 is 2.21 bits per heavy atom. The molecule has 2 amide bonds. The van der Waals surface area contributed by atoms with Crippen LogP contribution in [0, 0.1) is 0 Å². The lowest BCUT2D eigenvalue weighted by Crippen LogP contribution is -2.35. The SMILES string of the molecule is CC(C)(C)c1ccc(C(=O)Nc2ccc(N3CCCN(C(=O)c4ccccc4)CC3)nc2)cc1. The molecule has 0 unspecified atom stereocenters. The number of carbonyl (C=O) groups excluding carboxylic acids is 2. The van der Waals surface area contributed by atoms with Gasteiger partial charge in [0.15, 0.2) is 0 Å². The molecule has 0 bridgehead atoms. The van der Waals surface area contributed by atoms with Gasteiger partial charge in [0.05, 0.1) is 11.9 Å². The molecular weight excluding hydrogens is 424 g/mol. The highest BCUT2D eigenvalue weighted by molar-refractivity contribution is 6.04. The Labute approximate surface area is 201 Å². The molecule has 176 valence electrons. The molecule has 34 heavy (non-hydrogen) atoms. The van der Waals surface area contributed by atoms with Crippen molar-refractivity contribution in [1.29, 1.82) is 0 Å². The van der Waals surface area contributed by atoms with Crippen molar-refractivity contribution in [2.75, 3.05) is 36.4 Å². The monoisotopic (exact) mass is 456 g/mol. The van der Waals surface area contributed by atoms with Crippen LogP contribution < -0.4 is 10.2 Å². The normalized spacial score (nSPS) is 14.4. The summed E-state index contributed by atoms with van der Waals surface area (Å²) >= 11 is 0. The van der Waals surface area contributed by atoms with Crippen LogP contribution >= 0.6 is 0 Å². The molecule has 0 aliphatic carbocycles. The van der Waals surface area contributed by atoms with Crippen molar-refractivity contribution in [3.63, 3.8) is 0 Å². The van der Waals surface area contributed by atoms with Gasteiger partial charge in [-0.25, -0.2) is 4.98 Å². The smallest absolute Gasteiger partial charge is 0.255 e. The highest BCUT2D eigenvalue weighted by Crippen LogP contribution is 2.23. The van der Waals surface area contributed by atoms with E-state index in [1.807, 2.05) is 71.6 Å². The number of nitrogens with one attached hydrogen (secondary N) is 1. The lowest BCUT2D eigenvalue weighted by molar-refractivity contribution is 0.0767. The van der Waals surface area contributed by atoms with Gasteiger partial charge < -0.3 is 15.1 Å². The van der Waals surface area contributed by atoms with Crippen molar-refractivity contribution in [1.82, 2.24) is 9.88 Å². The van der Waals surface area contributed by atoms with Crippen molar-refractivity contribution >= 4 is 23.3 Å². The molecule has 1 aliphatic rings. The Morgan fingerprint density at radius 1 is 0.824 bits per heavy atom. The molecule has 2 heterocycles.